The number of rotatable bonds is 5. The Balaban J connectivity index is 2.17. The van der Waals surface area contributed by atoms with Gasteiger partial charge in [0.2, 0.25) is 5.88 Å². The van der Waals surface area contributed by atoms with Gasteiger partial charge in [0, 0.05) is 30.0 Å². The number of hydrogen-bond acceptors (Lipinski definition) is 6. The molecule has 3 rings (SSSR count). The minimum Gasteiger partial charge on any atom is -0.497 e. The molecule has 0 aliphatic carbocycles. The molecule has 0 amide bonds. The summed E-state index contributed by atoms with van der Waals surface area (Å²) < 4.78 is 52.8. The van der Waals surface area contributed by atoms with E-state index in [1.165, 1.54) is 42.3 Å². The third kappa shape index (κ3) is 5.08. The van der Waals surface area contributed by atoms with E-state index in [-0.39, 0.29) is 28.0 Å². The molecule has 0 fully saturated rings. The van der Waals surface area contributed by atoms with Crippen molar-refractivity contribution in [1.82, 2.24) is 14.8 Å². The molecular weight excluding hydrogens is 419 g/mol. The lowest BCUT2D eigenvalue weighted by Gasteiger charge is -2.13. The highest BCUT2D eigenvalue weighted by Crippen LogP contribution is 2.35. The average molecular weight is 430 g/mol. The quantitative estimate of drug-likeness (QED) is 0.469. The molecule has 0 radical (unpaired) electrons. The van der Waals surface area contributed by atoms with Gasteiger partial charge >= 0.3 is 12.5 Å². The van der Waals surface area contributed by atoms with E-state index in [2.05, 4.69) is 19.6 Å². The van der Waals surface area contributed by atoms with Crippen molar-refractivity contribution in [2.45, 2.75) is 6.36 Å². The maximum atomic E-state index is 12.7. The van der Waals surface area contributed by atoms with Gasteiger partial charge in [0.25, 0.3) is 0 Å². The van der Waals surface area contributed by atoms with Crippen molar-refractivity contribution in [2.24, 2.45) is 0 Å². The third-order valence-corrected chi connectivity index (χ3v) is 3.69. The number of benzene rings is 1. The fourth-order valence-corrected chi connectivity index (χ4v) is 2.62. The molecule has 0 saturated carbocycles. The summed E-state index contributed by atoms with van der Waals surface area (Å²) in [5.41, 5.74) is 0.736. The molecule has 0 aliphatic heterocycles. The second-order valence-electron chi connectivity index (χ2n) is 5.43. The highest BCUT2D eigenvalue weighted by molar-refractivity contribution is 6.29. The number of alkyl halides is 3. The zero-order valence-electron chi connectivity index (χ0n) is 14.5. The standard InChI is InChI=1S/C17H11ClF3N3O5/c1-27-11-4-9(5-12(7-11)29-17(19,20)21)13-8-15(28-16(25)26)23-24(13)10-2-3-22-14(18)6-10/h2-8H,1H3,(H,25,26). The lowest BCUT2D eigenvalue weighted by atomic mass is 10.1. The molecule has 0 atom stereocenters. The fraction of sp³-hybridized carbons (Fsp3) is 0.118. The first-order valence-corrected chi connectivity index (χ1v) is 8.10. The van der Waals surface area contributed by atoms with Gasteiger partial charge in [-0.2, -0.15) is 0 Å². The fourth-order valence-electron chi connectivity index (χ4n) is 2.46. The number of carboxylic acid groups (broad SMARTS) is 1. The van der Waals surface area contributed by atoms with E-state index < -0.39 is 18.3 Å². The third-order valence-electron chi connectivity index (χ3n) is 3.48. The van der Waals surface area contributed by atoms with Crippen LogP contribution < -0.4 is 14.2 Å². The highest BCUT2D eigenvalue weighted by atomic mass is 35.5. The first-order chi connectivity index (χ1) is 13.6. The summed E-state index contributed by atoms with van der Waals surface area (Å²) in [7, 11) is 1.27. The maximum absolute atomic E-state index is 12.7. The van der Waals surface area contributed by atoms with Crippen molar-refractivity contribution in [3.8, 4) is 34.3 Å². The Labute approximate surface area is 166 Å². The largest absolute Gasteiger partial charge is 0.573 e. The minimum absolute atomic E-state index is 0.0722. The predicted molar refractivity (Wildman–Crippen MR) is 93.7 cm³/mol. The van der Waals surface area contributed by atoms with E-state index >= 15 is 0 Å². The molecule has 2 heterocycles. The second-order valence-corrected chi connectivity index (χ2v) is 5.82. The van der Waals surface area contributed by atoms with E-state index in [9.17, 15) is 18.0 Å². The normalized spacial score (nSPS) is 11.2. The number of aromatic nitrogens is 3. The SMILES string of the molecule is COc1cc(OC(F)(F)F)cc(-c2cc(OC(=O)O)nn2-c2ccnc(Cl)c2)c1. The second kappa shape index (κ2) is 7.87. The molecule has 1 aromatic carbocycles. The summed E-state index contributed by atoms with van der Waals surface area (Å²) in [6, 6.07) is 7.74. The molecule has 0 unspecified atom stereocenters. The van der Waals surface area contributed by atoms with Crippen molar-refractivity contribution in [1.29, 1.82) is 0 Å². The molecule has 152 valence electrons. The van der Waals surface area contributed by atoms with Gasteiger partial charge < -0.3 is 19.3 Å². The van der Waals surface area contributed by atoms with Crippen LogP contribution in [0.5, 0.6) is 17.4 Å². The van der Waals surface area contributed by atoms with Crippen LogP contribution in [0.4, 0.5) is 18.0 Å². The van der Waals surface area contributed by atoms with Crippen molar-refractivity contribution >= 4 is 17.8 Å². The van der Waals surface area contributed by atoms with E-state index in [4.69, 9.17) is 21.4 Å². The Kier molecular flexibility index (Phi) is 5.50. The Hall–Kier alpha value is -3.47. The van der Waals surface area contributed by atoms with Gasteiger partial charge in [-0.15, -0.1) is 18.3 Å². The predicted octanol–water partition coefficient (Wildman–Crippen LogP) is 4.55. The Morgan fingerprint density at radius 2 is 1.90 bits per heavy atom. The molecule has 1 N–H and O–H groups in total. The van der Waals surface area contributed by atoms with Crippen LogP contribution in [0.25, 0.3) is 16.9 Å². The molecular formula is C17H11ClF3N3O5. The number of carbonyl (C=O) groups is 1. The Morgan fingerprint density at radius 3 is 2.52 bits per heavy atom. The number of nitrogens with zero attached hydrogens (tertiary/aromatic N) is 3. The van der Waals surface area contributed by atoms with Crippen molar-refractivity contribution in [3.63, 3.8) is 0 Å². The molecule has 0 bridgehead atoms. The van der Waals surface area contributed by atoms with Crippen LogP contribution in [-0.2, 0) is 0 Å². The zero-order valence-corrected chi connectivity index (χ0v) is 15.2. The molecule has 3 aromatic rings. The van der Waals surface area contributed by atoms with Gasteiger partial charge in [0.15, 0.2) is 0 Å². The van der Waals surface area contributed by atoms with Crippen molar-refractivity contribution in [2.75, 3.05) is 7.11 Å². The smallest absolute Gasteiger partial charge is 0.497 e. The number of ether oxygens (including phenoxy) is 3. The average Bonchev–Trinajstić information content (AvgIpc) is 3.03. The van der Waals surface area contributed by atoms with E-state index in [1.54, 1.807) is 0 Å². The summed E-state index contributed by atoms with van der Waals surface area (Å²) in [4.78, 5) is 14.7. The van der Waals surface area contributed by atoms with E-state index in [0.717, 1.165) is 12.1 Å². The lowest BCUT2D eigenvalue weighted by Crippen LogP contribution is -2.17. The number of halogens is 4. The maximum Gasteiger partial charge on any atom is 0.573 e. The molecule has 12 heteroatoms. The van der Waals surface area contributed by atoms with Crippen LogP contribution in [0.3, 0.4) is 0 Å². The van der Waals surface area contributed by atoms with Crippen LogP contribution in [-0.4, -0.2) is 39.5 Å². The number of methoxy groups -OCH3 is 1. The van der Waals surface area contributed by atoms with Crippen LogP contribution in [0.2, 0.25) is 5.15 Å². The molecule has 8 nitrogen and oxygen atoms in total. The van der Waals surface area contributed by atoms with E-state index in [0.29, 0.717) is 5.69 Å². The topological polar surface area (TPSA) is 95.7 Å². The summed E-state index contributed by atoms with van der Waals surface area (Å²) in [5, 5.41) is 13.0. The first-order valence-electron chi connectivity index (χ1n) is 7.72. The summed E-state index contributed by atoms with van der Waals surface area (Å²) in [6.07, 6.45) is -5.15. The van der Waals surface area contributed by atoms with E-state index in [1.807, 2.05) is 0 Å². The van der Waals surface area contributed by atoms with Crippen LogP contribution in [0.1, 0.15) is 0 Å². The number of hydrogen-bond donors (Lipinski definition) is 1. The molecule has 29 heavy (non-hydrogen) atoms. The lowest BCUT2D eigenvalue weighted by molar-refractivity contribution is -0.274. The number of pyridine rings is 1. The molecule has 0 spiro atoms. The first kappa shape index (κ1) is 20.3. The van der Waals surface area contributed by atoms with Crippen LogP contribution in [0.15, 0.2) is 42.6 Å². The van der Waals surface area contributed by atoms with Gasteiger partial charge in [-0.25, -0.2) is 14.5 Å². The van der Waals surface area contributed by atoms with Crippen molar-refractivity contribution < 1.29 is 37.3 Å². The summed E-state index contributed by atoms with van der Waals surface area (Å²) in [5.74, 6) is -0.766. The molecule has 0 saturated heterocycles. The highest BCUT2D eigenvalue weighted by Gasteiger charge is 2.31. The Morgan fingerprint density at radius 1 is 1.17 bits per heavy atom. The van der Waals surface area contributed by atoms with Crippen LogP contribution in [0, 0.1) is 0 Å². The summed E-state index contributed by atoms with van der Waals surface area (Å²) in [6.45, 7) is 0. The van der Waals surface area contributed by atoms with Gasteiger partial charge in [-0.3, -0.25) is 0 Å². The Bertz CT molecular complexity index is 1060. The monoisotopic (exact) mass is 429 g/mol. The minimum atomic E-state index is -4.92. The van der Waals surface area contributed by atoms with Gasteiger partial charge in [0.1, 0.15) is 16.7 Å². The van der Waals surface area contributed by atoms with Gasteiger partial charge in [0.05, 0.1) is 18.5 Å². The zero-order chi connectivity index (χ0) is 21.2. The van der Waals surface area contributed by atoms with Crippen LogP contribution >= 0.6 is 11.6 Å². The van der Waals surface area contributed by atoms with Gasteiger partial charge in [-0.1, -0.05) is 11.6 Å². The molecule has 2 aromatic heterocycles. The van der Waals surface area contributed by atoms with Gasteiger partial charge in [-0.05, 0) is 18.2 Å². The van der Waals surface area contributed by atoms with Crippen molar-refractivity contribution in [3.05, 3.63) is 47.7 Å². The molecule has 0 aliphatic rings. The summed E-state index contributed by atoms with van der Waals surface area (Å²) >= 11 is 5.89.